The third kappa shape index (κ3) is 1.51. The van der Waals surface area contributed by atoms with Gasteiger partial charge in [0.05, 0.1) is 0 Å². The third-order valence-electron chi connectivity index (χ3n) is 3.58. The fourth-order valence-corrected chi connectivity index (χ4v) is 2.86. The Kier molecular flexibility index (Phi) is 2.66. The van der Waals surface area contributed by atoms with Crippen molar-refractivity contribution in [2.75, 3.05) is 0 Å². The molecule has 3 rings (SSSR count). The highest BCUT2D eigenvalue weighted by Gasteiger charge is 2.49. The topological polar surface area (TPSA) is 71.4 Å². The number of rotatable bonds is 1. The van der Waals surface area contributed by atoms with E-state index in [0.717, 1.165) is 0 Å². The summed E-state index contributed by atoms with van der Waals surface area (Å²) < 4.78 is 0. The molecule has 0 saturated carbocycles. The van der Waals surface area contributed by atoms with Gasteiger partial charge < -0.3 is 5.11 Å². The second-order valence-electron chi connectivity index (χ2n) is 4.71. The Hall–Kier alpha value is -2.20. The van der Waals surface area contributed by atoms with E-state index in [2.05, 4.69) is 0 Å². The predicted octanol–water partition coefficient (Wildman–Crippen LogP) is 2.38. The lowest BCUT2D eigenvalue weighted by atomic mass is 9.74. The molecule has 1 aromatic carbocycles. The average molecular weight is 289 g/mol. The number of alkyl halides is 1. The van der Waals surface area contributed by atoms with E-state index >= 15 is 0 Å². The van der Waals surface area contributed by atoms with Gasteiger partial charge in [0, 0.05) is 22.3 Å². The van der Waals surface area contributed by atoms with Crippen LogP contribution >= 0.6 is 11.6 Å². The first-order valence-corrected chi connectivity index (χ1v) is 6.36. The molecule has 0 aliphatic heterocycles. The maximum absolute atomic E-state index is 12.5. The molecule has 0 radical (unpaired) electrons. The number of benzene rings is 1. The fourth-order valence-electron chi connectivity index (χ4n) is 2.58. The number of halogens is 1. The summed E-state index contributed by atoms with van der Waals surface area (Å²) in [6.07, 6.45) is 2.97. The molecule has 100 valence electrons. The molecular formula is C15H9ClO4. The van der Waals surface area contributed by atoms with Gasteiger partial charge in [-0.15, -0.1) is 11.6 Å². The number of carboxylic acid groups (broad SMARTS) is 1. The Labute approximate surface area is 119 Å². The van der Waals surface area contributed by atoms with Crippen LogP contribution in [0, 0.1) is 0 Å². The number of hydrogen-bond donors (Lipinski definition) is 1. The summed E-state index contributed by atoms with van der Waals surface area (Å²) in [5.41, 5.74) is 0.445. The van der Waals surface area contributed by atoms with E-state index in [1.807, 2.05) is 0 Å². The van der Waals surface area contributed by atoms with Crippen LogP contribution in [0.3, 0.4) is 0 Å². The quantitative estimate of drug-likeness (QED) is 0.805. The van der Waals surface area contributed by atoms with E-state index < -0.39 is 16.6 Å². The summed E-state index contributed by atoms with van der Waals surface area (Å²) in [5, 5.41) is 9.32. The normalized spacial score (nSPS) is 24.4. The first kappa shape index (κ1) is 12.8. The summed E-state index contributed by atoms with van der Waals surface area (Å²) in [6.45, 7) is 0. The summed E-state index contributed by atoms with van der Waals surface area (Å²) in [5.74, 6) is -2.18. The van der Waals surface area contributed by atoms with Gasteiger partial charge in [-0.25, -0.2) is 4.79 Å². The number of hydrogen-bond acceptors (Lipinski definition) is 3. The lowest BCUT2D eigenvalue weighted by Gasteiger charge is -2.31. The van der Waals surface area contributed by atoms with Crippen LogP contribution in [0.5, 0.6) is 0 Å². The molecule has 2 aliphatic rings. The van der Waals surface area contributed by atoms with Gasteiger partial charge in [0.25, 0.3) is 0 Å². The minimum absolute atomic E-state index is 0.0239. The largest absolute Gasteiger partial charge is 0.480 e. The molecule has 5 heteroatoms. The summed E-state index contributed by atoms with van der Waals surface area (Å²) in [7, 11) is 0. The molecule has 0 amide bonds. The maximum atomic E-state index is 12.5. The second kappa shape index (κ2) is 4.15. The SMILES string of the molecule is O=C1C2=C(C(=O)c3ccccc31)C(Cl)(C(=O)O)CC=C2. The lowest BCUT2D eigenvalue weighted by Crippen LogP contribution is -2.42. The molecule has 0 heterocycles. The lowest BCUT2D eigenvalue weighted by molar-refractivity contribution is -0.139. The van der Waals surface area contributed by atoms with E-state index in [9.17, 15) is 19.5 Å². The van der Waals surface area contributed by atoms with Crippen LogP contribution in [-0.2, 0) is 4.79 Å². The average Bonchev–Trinajstić information content (AvgIpc) is 2.44. The van der Waals surface area contributed by atoms with Crippen molar-refractivity contribution < 1.29 is 19.5 Å². The number of carbonyl (C=O) groups excluding carboxylic acids is 2. The standard InChI is InChI=1S/C15H9ClO4/c16-15(14(19)20)7-3-6-10-11(15)13(18)9-5-2-1-4-8(9)12(10)17/h1-6H,7H2,(H,19,20). The van der Waals surface area contributed by atoms with Crippen molar-refractivity contribution in [3.05, 3.63) is 58.7 Å². The van der Waals surface area contributed by atoms with Gasteiger partial charge in [-0.2, -0.15) is 0 Å². The molecule has 1 aromatic rings. The number of fused-ring (bicyclic) bond motifs is 1. The summed E-state index contributed by atoms with van der Waals surface area (Å²) >= 11 is 6.13. The number of aliphatic carboxylic acids is 1. The van der Waals surface area contributed by atoms with Gasteiger partial charge in [-0.05, 0) is 6.42 Å². The minimum atomic E-state index is -1.87. The van der Waals surface area contributed by atoms with Crippen molar-refractivity contribution >= 4 is 29.1 Å². The molecule has 1 N–H and O–H groups in total. The van der Waals surface area contributed by atoms with Crippen molar-refractivity contribution in [3.63, 3.8) is 0 Å². The molecule has 0 saturated heterocycles. The van der Waals surface area contributed by atoms with Gasteiger partial charge in [0.1, 0.15) is 0 Å². The number of carboxylic acids is 1. The van der Waals surface area contributed by atoms with Crippen molar-refractivity contribution in [3.8, 4) is 0 Å². The minimum Gasteiger partial charge on any atom is -0.480 e. The van der Waals surface area contributed by atoms with Crippen LogP contribution in [0.15, 0.2) is 47.6 Å². The number of ketones is 2. The number of allylic oxidation sites excluding steroid dienone is 3. The maximum Gasteiger partial charge on any atom is 0.329 e. The van der Waals surface area contributed by atoms with Crippen LogP contribution in [0.1, 0.15) is 27.1 Å². The zero-order valence-corrected chi connectivity index (χ0v) is 11.0. The van der Waals surface area contributed by atoms with Crippen molar-refractivity contribution in [1.29, 1.82) is 0 Å². The fraction of sp³-hybridized carbons (Fsp3) is 0.133. The molecule has 4 nitrogen and oxygen atoms in total. The van der Waals surface area contributed by atoms with Crippen LogP contribution in [-0.4, -0.2) is 27.5 Å². The Morgan fingerprint density at radius 2 is 1.75 bits per heavy atom. The van der Waals surface area contributed by atoms with E-state index in [4.69, 9.17) is 11.6 Å². The Balaban J connectivity index is 2.30. The smallest absolute Gasteiger partial charge is 0.329 e. The molecule has 0 aromatic heterocycles. The first-order valence-electron chi connectivity index (χ1n) is 5.99. The Bertz CT molecular complexity index is 729. The molecular weight excluding hydrogens is 280 g/mol. The molecule has 0 fully saturated rings. The van der Waals surface area contributed by atoms with E-state index in [0.29, 0.717) is 0 Å². The van der Waals surface area contributed by atoms with Gasteiger partial charge in [0.2, 0.25) is 0 Å². The van der Waals surface area contributed by atoms with Gasteiger partial charge in [-0.3, -0.25) is 9.59 Å². The molecule has 20 heavy (non-hydrogen) atoms. The highest BCUT2D eigenvalue weighted by Crippen LogP contribution is 2.41. The zero-order valence-electron chi connectivity index (χ0n) is 10.2. The van der Waals surface area contributed by atoms with Crippen LogP contribution in [0.4, 0.5) is 0 Å². The molecule has 0 bridgehead atoms. The van der Waals surface area contributed by atoms with E-state index in [-0.39, 0.29) is 34.5 Å². The number of Topliss-reactive ketones (excluding diaryl/α,β-unsaturated/α-hetero) is 2. The number of carbonyl (C=O) groups is 3. The van der Waals surface area contributed by atoms with Crippen molar-refractivity contribution in [2.24, 2.45) is 0 Å². The molecule has 2 aliphatic carbocycles. The van der Waals surface area contributed by atoms with Gasteiger partial charge >= 0.3 is 5.97 Å². The van der Waals surface area contributed by atoms with Gasteiger partial charge in [0.15, 0.2) is 16.4 Å². The summed E-state index contributed by atoms with van der Waals surface area (Å²) in [6, 6.07) is 6.35. The molecule has 1 atom stereocenters. The molecule has 0 spiro atoms. The van der Waals surface area contributed by atoms with Crippen LogP contribution in [0.25, 0.3) is 0 Å². The Morgan fingerprint density at radius 1 is 1.15 bits per heavy atom. The van der Waals surface area contributed by atoms with Crippen molar-refractivity contribution in [2.45, 2.75) is 11.3 Å². The third-order valence-corrected chi connectivity index (χ3v) is 4.08. The second-order valence-corrected chi connectivity index (χ2v) is 5.35. The van der Waals surface area contributed by atoms with Crippen LogP contribution in [0.2, 0.25) is 0 Å². The predicted molar refractivity (Wildman–Crippen MR) is 72.1 cm³/mol. The Morgan fingerprint density at radius 3 is 2.35 bits per heavy atom. The van der Waals surface area contributed by atoms with E-state index in [1.54, 1.807) is 18.2 Å². The van der Waals surface area contributed by atoms with Crippen LogP contribution < -0.4 is 0 Å². The highest BCUT2D eigenvalue weighted by molar-refractivity contribution is 6.43. The summed E-state index contributed by atoms with van der Waals surface area (Å²) in [4.78, 5) is 34.5. The van der Waals surface area contributed by atoms with Gasteiger partial charge in [-0.1, -0.05) is 36.4 Å². The first-order chi connectivity index (χ1) is 9.47. The van der Waals surface area contributed by atoms with E-state index in [1.165, 1.54) is 18.2 Å². The monoisotopic (exact) mass is 288 g/mol. The zero-order chi connectivity index (χ0) is 14.5. The van der Waals surface area contributed by atoms with Crippen molar-refractivity contribution in [1.82, 2.24) is 0 Å². The highest BCUT2D eigenvalue weighted by atomic mass is 35.5. The molecule has 1 unspecified atom stereocenters.